The molecule has 236 valence electrons. The van der Waals surface area contributed by atoms with E-state index in [0.29, 0.717) is 10.3 Å². The molecule has 0 N–H and O–H groups in total. The first kappa shape index (κ1) is 37.0. The van der Waals surface area contributed by atoms with Crippen molar-refractivity contribution in [3.63, 3.8) is 0 Å². The van der Waals surface area contributed by atoms with Gasteiger partial charge in [0.1, 0.15) is 4.60 Å². The molecule has 0 spiro atoms. The molecular formula is C28H35B2BrF6N2O4. The van der Waals surface area contributed by atoms with Gasteiger partial charge in [-0.1, -0.05) is 12.0 Å². The Kier molecular flexibility index (Phi) is 11.6. The summed E-state index contributed by atoms with van der Waals surface area (Å²) in [4.78, 5) is 7.20. The molecule has 0 saturated carbocycles. The molecule has 4 rings (SSSR count). The summed E-state index contributed by atoms with van der Waals surface area (Å²) in [6.07, 6.45) is -5.50. The van der Waals surface area contributed by atoms with Crippen LogP contribution in [0.4, 0.5) is 26.3 Å². The van der Waals surface area contributed by atoms with Crippen LogP contribution in [-0.2, 0) is 31.0 Å². The number of halogens is 7. The maximum Gasteiger partial charge on any atom is 0.487 e. The second-order valence-electron chi connectivity index (χ2n) is 11.7. The minimum Gasteiger partial charge on any atom is -0.400 e. The van der Waals surface area contributed by atoms with Crippen LogP contribution in [0.3, 0.4) is 0 Å². The first-order valence-electron chi connectivity index (χ1n) is 13.1. The molecule has 2 saturated heterocycles. The summed E-state index contributed by atoms with van der Waals surface area (Å²) in [5, 5.41) is 0. The zero-order valence-electron chi connectivity index (χ0n) is 25.2. The van der Waals surface area contributed by atoms with Gasteiger partial charge in [0.15, 0.2) is 0 Å². The molecule has 15 heteroatoms. The lowest BCUT2D eigenvalue weighted by Crippen LogP contribution is -2.41. The lowest BCUT2D eigenvalue weighted by atomic mass is 9.89. The van der Waals surface area contributed by atoms with Crippen molar-refractivity contribution >= 4 is 36.2 Å². The quantitative estimate of drug-likeness (QED) is 0.185. The van der Waals surface area contributed by atoms with Crippen molar-refractivity contribution in [1.29, 1.82) is 0 Å². The van der Waals surface area contributed by atoms with Crippen molar-refractivity contribution < 1.29 is 45.0 Å². The third-order valence-corrected chi connectivity index (χ3v) is 7.80. The first-order valence-corrected chi connectivity index (χ1v) is 13.9. The van der Waals surface area contributed by atoms with E-state index >= 15 is 0 Å². The number of rotatable bonds is 3. The van der Waals surface area contributed by atoms with Crippen molar-refractivity contribution in [3.05, 3.63) is 76.6 Å². The summed E-state index contributed by atoms with van der Waals surface area (Å²) in [5.74, 6) is 3.32. The molecule has 2 aromatic rings. The molecule has 0 unspecified atom stereocenters. The number of nitrogens with zero attached hydrogens (tertiary/aromatic N) is 2. The van der Waals surface area contributed by atoms with Gasteiger partial charge in [-0.25, -0.2) is 4.98 Å². The van der Waals surface area contributed by atoms with Crippen molar-refractivity contribution in [2.45, 2.75) is 90.1 Å². The van der Waals surface area contributed by atoms with E-state index in [1.54, 1.807) is 18.0 Å². The lowest BCUT2D eigenvalue weighted by molar-refractivity contribution is -0.138. The van der Waals surface area contributed by atoms with Gasteiger partial charge < -0.3 is 18.6 Å². The molecule has 0 amide bonds. The van der Waals surface area contributed by atoms with E-state index in [1.165, 1.54) is 12.1 Å². The van der Waals surface area contributed by atoms with Crippen LogP contribution in [0.5, 0.6) is 0 Å². The Labute approximate surface area is 257 Å². The molecule has 0 aromatic carbocycles. The second kappa shape index (κ2) is 13.4. The first-order chi connectivity index (χ1) is 19.4. The van der Waals surface area contributed by atoms with Crippen LogP contribution in [-0.4, -0.2) is 46.6 Å². The maximum absolute atomic E-state index is 12.4. The zero-order chi connectivity index (χ0) is 33.1. The van der Waals surface area contributed by atoms with Crippen LogP contribution in [0.15, 0.2) is 59.8 Å². The van der Waals surface area contributed by atoms with Crippen LogP contribution < -0.4 is 0 Å². The molecule has 0 bridgehead atoms. The third kappa shape index (κ3) is 10.2. The van der Waals surface area contributed by atoms with Gasteiger partial charge in [0, 0.05) is 12.4 Å². The molecule has 2 aromatic heterocycles. The maximum atomic E-state index is 12.4. The molecule has 2 aliphatic rings. The molecule has 2 fully saturated rings. The van der Waals surface area contributed by atoms with E-state index in [-0.39, 0.29) is 18.3 Å². The Morgan fingerprint density at radius 2 is 1.07 bits per heavy atom. The molecule has 4 heterocycles. The van der Waals surface area contributed by atoms with Crippen LogP contribution >= 0.6 is 15.9 Å². The highest BCUT2D eigenvalue weighted by molar-refractivity contribution is 9.10. The van der Waals surface area contributed by atoms with Gasteiger partial charge in [-0.2, -0.15) is 26.3 Å². The summed E-state index contributed by atoms with van der Waals surface area (Å²) >= 11 is 2.93. The van der Waals surface area contributed by atoms with Crippen molar-refractivity contribution in [1.82, 2.24) is 9.97 Å². The molecule has 6 nitrogen and oxygen atoms in total. The summed E-state index contributed by atoms with van der Waals surface area (Å²) < 4.78 is 95.9. The molecule has 2 aliphatic heterocycles. The highest BCUT2D eigenvalue weighted by atomic mass is 79.9. The van der Waals surface area contributed by atoms with Gasteiger partial charge in [0.25, 0.3) is 0 Å². The van der Waals surface area contributed by atoms with Crippen LogP contribution in [0.25, 0.3) is 6.08 Å². The van der Waals surface area contributed by atoms with Crippen molar-refractivity contribution in [2.24, 2.45) is 0 Å². The number of alkyl halides is 6. The van der Waals surface area contributed by atoms with Crippen LogP contribution in [0.2, 0.25) is 0 Å². The topological polar surface area (TPSA) is 62.7 Å². The highest BCUT2D eigenvalue weighted by Crippen LogP contribution is 2.38. The smallest absolute Gasteiger partial charge is 0.400 e. The van der Waals surface area contributed by atoms with Gasteiger partial charge in [0.2, 0.25) is 0 Å². The van der Waals surface area contributed by atoms with Gasteiger partial charge >= 0.3 is 26.6 Å². The normalized spacial score (nSPS) is 20.3. The minimum atomic E-state index is -4.37. The van der Waals surface area contributed by atoms with Gasteiger partial charge in [-0.05, 0) is 102 Å². The Morgan fingerprint density at radius 3 is 1.37 bits per heavy atom. The Hall–Kier alpha value is -2.19. The van der Waals surface area contributed by atoms with E-state index < -0.39 is 41.8 Å². The van der Waals surface area contributed by atoms with E-state index in [9.17, 15) is 26.3 Å². The monoisotopic (exact) mass is 678 g/mol. The molecule has 0 atom stereocenters. The lowest BCUT2D eigenvalue weighted by Gasteiger charge is -2.32. The predicted molar refractivity (Wildman–Crippen MR) is 158 cm³/mol. The zero-order valence-corrected chi connectivity index (χ0v) is 26.8. The summed E-state index contributed by atoms with van der Waals surface area (Å²) in [5.41, 5.74) is -2.45. The number of pyridine rings is 2. The Bertz CT molecular complexity index is 1220. The second-order valence-corrected chi connectivity index (χ2v) is 12.5. The van der Waals surface area contributed by atoms with Gasteiger partial charge in [0.05, 0.1) is 39.2 Å². The standard InChI is InChI=1S/C14H17BF3NO2.C8H15BO2.C6H3BrF3N/c1-12(2)13(3,4)21-15(20-12)8-7-11-6-5-10(9-19-11)14(16,17)18;1-6-9-10-7(2,3)8(4,5)11-9;7-5-2-1-4(3-11-5)6(8,9)10/h5-9H,1-4H3;6H,1H2,2-5H3;1-3H/b8-7+;;. The number of hydrogen-bond acceptors (Lipinski definition) is 6. The Balaban J connectivity index is 0.000000247. The van der Waals surface area contributed by atoms with E-state index in [1.807, 2.05) is 55.4 Å². The largest absolute Gasteiger partial charge is 0.487 e. The van der Waals surface area contributed by atoms with Crippen LogP contribution in [0, 0.1) is 0 Å². The fraction of sp³-hybridized carbons (Fsp3) is 0.500. The fourth-order valence-electron chi connectivity index (χ4n) is 3.34. The minimum absolute atomic E-state index is 0.230. The predicted octanol–water partition coefficient (Wildman–Crippen LogP) is 8.41. The highest BCUT2D eigenvalue weighted by Gasteiger charge is 2.50. The van der Waals surface area contributed by atoms with E-state index in [2.05, 4.69) is 32.5 Å². The molecule has 0 aliphatic carbocycles. The van der Waals surface area contributed by atoms with Crippen molar-refractivity contribution in [3.8, 4) is 0 Å². The van der Waals surface area contributed by atoms with E-state index in [0.717, 1.165) is 24.5 Å². The summed E-state index contributed by atoms with van der Waals surface area (Å²) in [6.45, 7) is 19.4. The SMILES string of the molecule is C=CB1OC(C)(C)C(C)(C)O1.CC1(C)OB(/C=C/c2ccc(C(F)(F)F)cn2)OC1(C)C.FC(F)(F)c1ccc(Br)nc1. The third-order valence-electron chi connectivity index (χ3n) is 7.33. The fourth-order valence-corrected chi connectivity index (χ4v) is 3.58. The van der Waals surface area contributed by atoms with Gasteiger partial charge in [-0.3, -0.25) is 4.98 Å². The molecular weight excluding hydrogens is 644 g/mol. The average Bonchev–Trinajstić information content (AvgIpc) is 3.21. The van der Waals surface area contributed by atoms with E-state index in [4.69, 9.17) is 18.6 Å². The summed E-state index contributed by atoms with van der Waals surface area (Å²) in [7, 11) is -0.793. The van der Waals surface area contributed by atoms with Crippen LogP contribution in [0.1, 0.15) is 72.2 Å². The summed E-state index contributed by atoms with van der Waals surface area (Å²) in [6, 6.07) is 4.53. The number of aromatic nitrogens is 2. The Morgan fingerprint density at radius 1 is 0.674 bits per heavy atom. The van der Waals surface area contributed by atoms with Crippen molar-refractivity contribution in [2.75, 3.05) is 0 Å². The average molecular weight is 679 g/mol. The van der Waals surface area contributed by atoms with Gasteiger partial charge in [-0.15, -0.1) is 6.58 Å². The molecule has 0 radical (unpaired) electrons. The molecule has 43 heavy (non-hydrogen) atoms. The number of hydrogen-bond donors (Lipinski definition) is 0.